The van der Waals surface area contributed by atoms with Crippen molar-refractivity contribution in [2.45, 2.75) is 18.5 Å². The lowest BCUT2D eigenvalue weighted by Gasteiger charge is -2.10. The summed E-state index contributed by atoms with van der Waals surface area (Å²) in [6.45, 7) is 0. The topological polar surface area (TPSA) is 83.0 Å². The fourth-order valence-corrected chi connectivity index (χ4v) is 2.02. The minimum absolute atomic E-state index is 0.155. The zero-order valence-corrected chi connectivity index (χ0v) is 9.24. The van der Waals surface area contributed by atoms with Crippen molar-refractivity contribution in [3.05, 3.63) is 39.8 Å². The molecule has 2 aromatic rings. The van der Waals surface area contributed by atoms with E-state index in [1.165, 1.54) is 18.3 Å². The molecule has 1 aliphatic carbocycles. The van der Waals surface area contributed by atoms with E-state index in [0.717, 1.165) is 0 Å². The lowest BCUT2D eigenvalue weighted by Crippen LogP contribution is -2.23. The van der Waals surface area contributed by atoms with Crippen molar-refractivity contribution in [2.75, 3.05) is 0 Å². The lowest BCUT2D eigenvalue weighted by molar-refractivity contribution is 0.0690. The van der Waals surface area contributed by atoms with Crippen molar-refractivity contribution in [1.29, 1.82) is 0 Å². The first-order valence-corrected chi connectivity index (χ1v) is 5.47. The predicted octanol–water partition coefficient (Wildman–Crippen LogP) is 1.58. The molecular formula is C12H9FN2O3. The third kappa shape index (κ3) is 1.42. The van der Waals surface area contributed by atoms with E-state index in [1.807, 2.05) is 0 Å². The van der Waals surface area contributed by atoms with Crippen LogP contribution in [0.5, 0.6) is 0 Å². The minimum atomic E-state index is -1.72. The van der Waals surface area contributed by atoms with Gasteiger partial charge in [-0.2, -0.15) is 0 Å². The smallest absolute Gasteiger partial charge is 0.341 e. The number of H-pyrrole nitrogens is 1. The number of carboxylic acids is 1. The number of pyridine rings is 2. The molecule has 0 unspecified atom stereocenters. The molecule has 92 valence electrons. The van der Waals surface area contributed by atoms with Crippen molar-refractivity contribution in [3.63, 3.8) is 0 Å². The van der Waals surface area contributed by atoms with Gasteiger partial charge in [-0.1, -0.05) is 0 Å². The molecule has 2 aromatic heterocycles. The molecule has 1 aliphatic rings. The van der Waals surface area contributed by atoms with E-state index in [1.54, 1.807) is 0 Å². The maximum absolute atomic E-state index is 14.1. The Morgan fingerprint density at radius 3 is 2.83 bits per heavy atom. The first-order valence-electron chi connectivity index (χ1n) is 5.47. The van der Waals surface area contributed by atoms with E-state index >= 15 is 0 Å². The number of hydrogen-bond acceptors (Lipinski definition) is 3. The standard InChI is InChI=1S/C12H9FN2O3/c13-12(3-4-12)9-7(11(17)18)8(16)6-2-1-5-14-10(6)15-9/h1-2,5H,3-4H2,(H,17,18)(H,14,15,16). The Kier molecular flexibility index (Phi) is 2.04. The molecule has 18 heavy (non-hydrogen) atoms. The van der Waals surface area contributed by atoms with Gasteiger partial charge in [0.15, 0.2) is 5.67 Å². The highest BCUT2D eigenvalue weighted by Crippen LogP contribution is 2.49. The number of halogens is 1. The summed E-state index contributed by atoms with van der Waals surface area (Å²) in [6.07, 6.45) is 1.91. The Labute approximate surface area is 100 Å². The number of nitrogens with zero attached hydrogens (tertiary/aromatic N) is 1. The molecule has 2 heterocycles. The molecule has 0 saturated heterocycles. The molecule has 1 fully saturated rings. The number of aromatic carboxylic acids is 1. The van der Waals surface area contributed by atoms with E-state index in [4.69, 9.17) is 5.11 Å². The summed E-state index contributed by atoms with van der Waals surface area (Å²) < 4.78 is 14.1. The molecule has 6 heteroatoms. The van der Waals surface area contributed by atoms with Crippen LogP contribution in [-0.2, 0) is 5.67 Å². The van der Waals surface area contributed by atoms with Gasteiger partial charge in [0, 0.05) is 6.20 Å². The van der Waals surface area contributed by atoms with Crippen molar-refractivity contribution >= 4 is 17.0 Å². The molecule has 0 amide bonds. The average Bonchev–Trinajstić information content (AvgIpc) is 3.08. The summed E-state index contributed by atoms with van der Waals surface area (Å²) in [5.74, 6) is -1.42. The second kappa shape index (κ2) is 3.38. The molecule has 0 radical (unpaired) electrons. The Morgan fingerprint density at radius 2 is 2.22 bits per heavy atom. The van der Waals surface area contributed by atoms with E-state index in [-0.39, 0.29) is 29.6 Å². The molecule has 0 atom stereocenters. The zero-order chi connectivity index (χ0) is 12.9. The Morgan fingerprint density at radius 1 is 1.50 bits per heavy atom. The predicted molar refractivity (Wildman–Crippen MR) is 61.3 cm³/mol. The largest absolute Gasteiger partial charge is 0.477 e. The van der Waals surface area contributed by atoms with Gasteiger partial charge in [0.1, 0.15) is 11.2 Å². The van der Waals surface area contributed by atoms with Crippen LogP contribution in [0.15, 0.2) is 23.1 Å². The van der Waals surface area contributed by atoms with Gasteiger partial charge in [-0.05, 0) is 25.0 Å². The summed E-state index contributed by atoms with van der Waals surface area (Å²) in [5, 5.41) is 9.25. The number of nitrogens with one attached hydrogen (secondary N) is 1. The SMILES string of the molecule is O=C(O)c1c(C2(F)CC2)[nH]c2ncccc2c1=O. The molecule has 0 bridgehead atoms. The first-order chi connectivity index (χ1) is 8.53. The number of fused-ring (bicyclic) bond motifs is 1. The van der Waals surface area contributed by atoms with Gasteiger partial charge < -0.3 is 10.1 Å². The molecule has 1 saturated carbocycles. The van der Waals surface area contributed by atoms with Crippen molar-refractivity contribution in [1.82, 2.24) is 9.97 Å². The second-order valence-corrected chi connectivity index (χ2v) is 4.37. The van der Waals surface area contributed by atoms with Gasteiger partial charge in [0.2, 0.25) is 5.43 Å². The summed E-state index contributed by atoms with van der Waals surface area (Å²) >= 11 is 0. The fraction of sp³-hybridized carbons (Fsp3) is 0.250. The molecular weight excluding hydrogens is 239 g/mol. The normalized spacial score (nSPS) is 16.7. The van der Waals surface area contributed by atoms with Crippen LogP contribution >= 0.6 is 0 Å². The van der Waals surface area contributed by atoms with Crippen LogP contribution in [0.25, 0.3) is 11.0 Å². The van der Waals surface area contributed by atoms with Crippen LogP contribution in [0.1, 0.15) is 28.9 Å². The summed E-state index contributed by atoms with van der Waals surface area (Å²) in [7, 11) is 0. The van der Waals surface area contributed by atoms with Gasteiger partial charge in [-0.15, -0.1) is 0 Å². The highest BCUT2D eigenvalue weighted by Gasteiger charge is 2.49. The molecule has 0 aliphatic heterocycles. The molecule has 3 rings (SSSR count). The van der Waals surface area contributed by atoms with Crippen LogP contribution in [0, 0.1) is 0 Å². The fourth-order valence-electron chi connectivity index (χ4n) is 2.02. The highest BCUT2D eigenvalue weighted by atomic mass is 19.1. The average molecular weight is 248 g/mol. The van der Waals surface area contributed by atoms with Gasteiger partial charge in [-0.25, -0.2) is 14.2 Å². The Hall–Kier alpha value is -2.24. The Bertz CT molecular complexity index is 719. The van der Waals surface area contributed by atoms with Crippen LogP contribution in [0.4, 0.5) is 4.39 Å². The maximum Gasteiger partial charge on any atom is 0.341 e. The number of aromatic amines is 1. The zero-order valence-electron chi connectivity index (χ0n) is 9.24. The maximum atomic E-state index is 14.1. The molecule has 0 spiro atoms. The third-order valence-electron chi connectivity index (χ3n) is 3.12. The minimum Gasteiger partial charge on any atom is -0.477 e. The van der Waals surface area contributed by atoms with Gasteiger partial charge in [-0.3, -0.25) is 4.79 Å². The van der Waals surface area contributed by atoms with Crippen LogP contribution in [0.3, 0.4) is 0 Å². The first kappa shape index (κ1) is 10.9. The van der Waals surface area contributed by atoms with E-state index < -0.39 is 22.6 Å². The van der Waals surface area contributed by atoms with Gasteiger partial charge in [0.05, 0.1) is 11.1 Å². The number of hydrogen-bond donors (Lipinski definition) is 2. The van der Waals surface area contributed by atoms with Gasteiger partial charge in [0.25, 0.3) is 0 Å². The third-order valence-corrected chi connectivity index (χ3v) is 3.12. The molecule has 5 nitrogen and oxygen atoms in total. The van der Waals surface area contributed by atoms with Gasteiger partial charge >= 0.3 is 5.97 Å². The molecule has 2 N–H and O–H groups in total. The van der Waals surface area contributed by atoms with E-state index in [0.29, 0.717) is 0 Å². The highest BCUT2D eigenvalue weighted by molar-refractivity contribution is 5.93. The van der Waals surface area contributed by atoms with Crippen molar-refractivity contribution < 1.29 is 14.3 Å². The van der Waals surface area contributed by atoms with Crippen molar-refractivity contribution in [3.8, 4) is 0 Å². The monoisotopic (exact) mass is 248 g/mol. The summed E-state index contributed by atoms with van der Waals surface area (Å²) in [5.41, 5.74) is -2.88. The van der Waals surface area contributed by atoms with Crippen LogP contribution in [0.2, 0.25) is 0 Å². The Balaban J connectivity index is 2.44. The number of aromatic nitrogens is 2. The summed E-state index contributed by atoms with van der Waals surface area (Å²) in [6, 6.07) is 3.00. The number of alkyl halides is 1. The lowest BCUT2D eigenvalue weighted by atomic mass is 10.1. The van der Waals surface area contributed by atoms with Crippen LogP contribution in [-0.4, -0.2) is 21.0 Å². The second-order valence-electron chi connectivity index (χ2n) is 4.37. The van der Waals surface area contributed by atoms with Crippen LogP contribution < -0.4 is 5.43 Å². The number of rotatable bonds is 2. The number of carbonyl (C=O) groups is 1. The quantitative estimate of drug-likeness (QED) is 0.845. The van der Waals surface area contributed by atoms with E-state index in [2.05, 4.69) is 9.97 Å². The summed E-state index contributed by atoms with van der Waals surface area (Å²) in [4.78, 5) is 29.8. The van der Waals surface area contributed by atoms with E-state index in [9.17, 15) is 14.0 Å². The number of carboxylic acid groups (broad SMARTS) is 1. The molecule has 0 aromatic carbocycles. The van der Waals surface area contributed by atoms with Crippen molar-refractivity contribution in [2.24, 2.45) is 0 Å².